The van der Waals surface area contributed by atoms with Crippen molar-refractivity contribution in [2.24, 2.45) is 0 Å². The first-order valence-electron chi connectivity index (χ1n) is 8.75. The van der Waals surface area contributed by atoms with Gasteiger partial charge >= 0.3 is 6.03 Å². The molecule has 0 bridgehead atoms. The fourth-order valence-corrected chi connectivity index (χ4v) is 3.30. The third-order valence-electron chi connectivity index (χ3n) is 4.68. The summed E-state index contributed by atoms with van der Waals surface area (Å²) in [6, 6.07) is 8.09. The Morgan fingerprint density at radius 1 is 1.29 bits per heavy atom. The van der Waals surface area contributed by atoms with Crippen LogP contribution in [0.4, 0.5) is 4.79 Å². The number of rotatable bonds is 5. The first kappa shape index (κ1) is 17.0. The van der Waals surface area contributed by atoms with Crippen LogP contribution in [0.25, 0.3) is 0 Å². The van der Waals surface area contributed by atoms with Gasteiger partial charge in [0.2, 0.25) is 0 Å². The summed E-state index contributed by atoms with van der Waals surface area (Å²) in [7, 11) is 1.72. The standard InChI is InChI=1S/C18H27N3O3/c1-23-12-11-20-7-4-8-21(10-9-20)18(22)19-14-16-13-15-5-2-3-6-17(15)24-16/h2-3,5-6,16H,4,7-14H2,1H3,(H,19,22). The molecule has 1 aromatic carbocycles. The van der Waals surface area contributed by atoms with Crippen molar-refractivity contribution < 1.29 is 14.3 Å². The van der Waals surface area contributed by atoms with Crippen molar-refractivity contribution in [3.63, 3.8) is 0 Å². The summed E-state index contributed by atoms with van der Waals surface area (Å²) in [4.78, 5) is 16.7. The molecular weight excluding hydrogens is 306 g/mol. The molecule has 2 aliphatic heterocycles. The molecule has 1 fully saturated rings. The number of ether oxygens (including phenoxy) is 2. The van der Waals surface area contributed by atoms with Crippen molar-refractivity contribution >= 4 is 6.03 Å². The van der Waals surface area contributed by atoms with E-state index < -0.39 is 0 Å². The molecule has 0 aliphatic carbocycles. The van der Waals surface area contributed by atoms with Gasteiger partial charge in [0.05, 0.1) is 13.2 Å². The molecule has 0 aromatic heterocycles. The summed E-state index contributed by atoms with van der Waals surface area (Å²) in [5.74, 6) is 0.945. The molecule has 1 unspecified atom stereocenters. The van der Waals surface area contributed by atoms with Crippen molar-refractivity contribution in [2.75, 3.05) is 53.0 Å². The van der Waals surface area contributed by atoms with Gasteiger partial charge in [-0.1, -0.05) is 18.2 Å². The van der Waals surface area contributed by atoms with Crippen LogP contribution in [0, 0.1) is 0 Å². The summed E-state index contributed by atoms with van der Waals surface area (Å²) >= 11 is 0. The van der Waals surface area contributed by atoms with Gasteiger partial charge in [-0.05, 0) is 24.6 Å². The Morgan fingerprint density at radius 3 is 3.00 bits per heavy atom. The van der Waals surface area contributed by atoms with Crippen LogP contribution in [0.15, 0.2) is 24.3 Å². The van der Waals surface area contributed by atoms with Crippen LogP contribution in [0.2, 0.25) is 0 Å². The molecule has 1 N–H and O–H groups in total. The Kier molecular flexibility index (Phi) is 5.93. The summed E-state index contributed by atoms with van der Waals surface area (Å²) in [5, 5.41) is 3.03. The summed E-state index contributed by atoms with van der Waals surface area (Å²) in [5.41, 5.74) is 1.22. The highest BCUT2D eigenvalue weighted by Gasteiger charge is 2.24. The zero-order valence-corrected chi connectivity index (χ0v) is 14.4. The lowest BCUT2D eigenvalue weighted by Crippen LogP contribution is -2.45. The van der Waals surface area contributed by atoms with E-state index in [1.54, 1.807) is 7.11 Å². The van der Waals surface area contributed by atoms with E-state index >= 15 is 0 Å². The molecule has 24 heavy (non-hydrogen) atoms. The number of hydrogen-bond acceptors (Lipinski definition) is 4. The van der Waals surface area contributed by atoms with Gasteiger partial charge in [-0.15, -0.1) is 0 Å². The van der Waals surface area contributed by atoms with Crippen molar-refractivity contribution in [3.8, 4) is 5.75 Å². The number of carbonyl (C=O) groups is 1. The van der Waals surface area contributed by atoms with E-state index in [2.05, 4.69) is 16.3 Å². The number of urea groups is 1. The number of para-hydroxylation sites is 1. The third-order valence-corrected chi connectivity index (χ3v) is 4.68. The Hall–Kier alpha value is -1.79. The monoisotopic (exact) mass is 333 g/mol. The van der Waals surface area contributed by atoms with E-state index in [9.17, 15) is 4.79 Å². The molecule has 2 amide bonds. The maximum absolute atomic E-state index is 12.4. The zero-order chi connectivity index (χ0) is 16.8. The van der Waals surface area contributed by atoms with Crippen molar-refractivity contribution in [1.82, 2.24) is 15.1 Å². The maximum Gasteiger partial charge on any atom is 0.317 e. The molecule has 3 rings (SSSR count). The van der Waals surface area contributed by atoms with Gasteiger partial charge in [-0.3, -0.25) is 4.90 Å². The predicted octanol–water partition coefficient (Wildman–Crippen LogP) is 1.35. The van der Waals surface area contributed by atoms with E-state index in [0.717, 1.165) is 57.9 Å². The molecule has 1 atom stereocenters. The minimum absolute atomic E-state index is 0.0168. The number of fused-ring (bicyclic) bond motifs is 1. The molecule has 2 heterocycles. The molecule has 6 heteroatoms. The van der Waals surface area contributed by atoms with Gasteiger partial charge in [0.25, 0.3) is 0 Å². The zero-order valence-electron chi connectivity index (χ0n) is 14.4. The first-order chi connectivity index (χ1) is 11.8. The summed E-state index contributed by atoms with van der Waals surface area (Å²) in [6.45, 7) is 5.72. The fraction of sp³-hybridized carbons (Fsp3) is 0.611. The second-order valence-corrected chi connectivity index (χ2v) is 6.41. The molecule has 132 valence electrons. The van der Waals surface area contributed by atoms with Crippen LogP contribution in [-0.4, -0.2) is 74.9 Å². The van der Waals surface area contributed by atoms with E-state index in [0.29, 0.717) is 6.54 Å². The summed E-state index contributed by atoms with van der Waals surface area (Å²) < 4.78 is 11.0. The van der Waals surface area contributed by atoms with Crippen LogP contribution >= 0.6 is 0 Å². The Bertz CT molecular complexity index is 527. The Morgan fingerprint density at radius 2 is 2.17 bits per heavy atom. The average molecular weight is 333 g/mol. The van der Waals surface area contributed by atoms with Gasteiger partial charge in [0.1, 0.15) is 11.9 Å². The molecule has 0 spiro atoms. The minimum atomic E-state index is 0.0168. The Balaban J connectivity index is 1.41. The smallest absolute Gasteiger partial charge is 0.317 e. The highest BCUT2D eigenvalue weighted by atomic mass is 16.5. The quantitative estimate of drug-likeness (QED) is 0.884. The number of methoxy groups -OCH3 is 1. The second-order valence-electron chi connectivity index (χ2n) is 6.41. The van der Waals surface area contributed by atoms with Crippen molar-refractivity contribution in [2.45, 2.75) is 18.9 Å². The van der Waals surface area contributed by atoms with Crippen LogP contribution in [-0.2, 0) is 11.2 Å². The largest absolute Gasteiger partial charge is 0.488 e. The normalized spacial score (nSPS) is 21.0. The number of hydrogen-bond donors (Lipinski definition) is 1. The predicted molar refractivity (Wildman–Crippen MR) is 92.5 cm³/mol. The lowest BCUT2D eigenvalue weighted by atomic mass is 10.1. The van der Waals surface area contributed by atoms with Gasteiger partial charge in [0, 0.05) is 39.7 Å². The van der Waals surface area contributed by atoms with Gasteiger partial charge in [-0.2, -0.15) is 0 Å². The van der Waals surface area contributed by atoms with E-state index in [1.807, 2.05) is 23.1 Å². The van der Waals surface area contributed by atoms with E-state index in [4.69, 9.17) is 9.47 Å². The number of nitrogens with one attached hydrogen (secondary N) is 1. The second kappa shape index (κ2) is 8.35. The molecular formula is C18H27N3O3. The van der Waals surface area contributed by atoms with Gasteiger partial charge < -0.3 is 19.7 Å². The minimum Gasteiger partial charge on any atom is -0.488 e. The van der Waals surface area contributed by atoms with E-state index in [-0.39, 0.29) is 12.1 Å². The topological polar surface area (TPSA) is 54.0 Å². The van der Waals surface area contributed by atoms with Gasteiger partial charge in [0.15, 0.2) is 0 Å². The fourth-order valence-electron chi connectivity index (χ4n) is 3.30. The number of carbonyl (C=O) groups excluding carboxylic acids is 1. The van der Waals surface area contributed by atoms with Crippen molar-refractivity contribution in [1.29, 1.82) is 0 Å². The molecule has 6 nitrogen and oxygen atoms in total. The van der Waals surface area contributed by atoms with Crippen molar-refractivity contribution in [3.05, 3.63) is 29.8 Å². The van der Waals surface area contributed by atoms with Crippen LogP contribution in [0.1, 0.15) is 12.0 Å². The number of amides is 2. The first-order valence-corrected chi connectivity index (χ1v) is 8.75. The lowest BCUT2D eigenvalue weighted by molar-refractivity contribution is 0.149. The number of nitrogens with zero attached hydrogens (tertiary/aromatic N) is 2. The highest BCUT2D eigenvalue weighted by Crippen LogP contribution is 2.27. The van der Waals surface area contributed by atoms with Crippen LogP contribution < -0.4 is 10.1 Å². The average Bonchev–Trinajstić information content (AvgIpc) is 2.87. The third kappa shape index (κ3) is 4.39. The highest BCUT2D eigenvalue weighted by molar-refractivity contribution is 5.74. The molecule has 1 saturated heterocycles. The molecule has 2 aliphatic rings. The van der Waals surface area contributed by atoms with Crippen LogP contribution in [0.5, 0.6) is 5.75 Å². The molecule has 0 radical (unpaired) electrons. The summed E-state index contributed by atoms with van der Waals surface area (Å²) in [6.07, 6.45) is 1.90. The number of benzene rings is 1. The Labute approximate surface area is 143 Å². The van der Waals surface area contributed by atoms with E-state index in [1.165, 1.54) is 5.56 Å². The molecule has 0 saturated carbocycles. The van der Waals surface area contributed by atoms with Crippen LogP contribution in [0.3, 0.4) is 0 Å². The lowest BCUT2D eigenvalue weighted by Gasteiger charge is -2.23. The SMILES string of the molecule is COCCN1CCCN(C(=O)NCC2Cc3ccccc3O2)CC1. The molecule has 1 aromatic rings. The van der Waals surface area contributed by atoms with Gasteiger partial charge in [-0.25, -0.2) is 4.79 Å². The maximum atomic E-state index is 12.4.